The molecule has 0 unspecified atom stereocenters. The molecule has 0 aromatic rings. The summed E-state index contributed by atoms with van der Waals surface area (Å²) in [6.45, 7) is 2.01. The molecular formula is C9H18O2. The molecule has 0 aromatic heterocycles. The summed E-state index contributed by atoms with van der Waals surface area (Å²) in [6, 6.07) is 0. The van der Waals surface area contributed by atoms with Crippen LogP contribution in [0.4, 0.5) is 0 Å². The highest BCUT2D eigenvalue weighted by molar-refractivity contribution is 4.83. The minimum atomic E-state index is -0.576. The first-order chi connectivity index (χ1) is 5.31. The van der Waals surface area contributed by atoms with Gasteiger partial charge < -0.3 is 10.2 Å². The first kappa shape index (κ1) is 10.7. The maximum Gasteiger partial charge on any atom is 0.0805 e. The van der Waals surface area contributed by atoms with Crippen molar-refractivity contribution >= 4 is 0 Å². The van der Waals surface area contributed by atoms with Gasteiger partial charge in [0.2, 0.25) is 0 Å². The van der Waals surface area contributed by atoms with E-state index in [1.54, 1.807) is 0 Å². The number of allylic oxidation sites excluding steroid dienone is 1. The van der Waals surface area contributed by atoms with E-state index in [-0.39, 0.29) is 6.61 Å². The van der Waals surface area contributed by atoms with Crippen LogP contribution in [0.25, 0.3) is 0 Å². The fraction of sp³-hybridized carbons (Fsp3) is 0.778. The van der Waals surface area contributed by atoms with Gasteiger partial charge in [0, 0.05) is 0 Å². The fourth-order valence-corrected chi connectivity index (χ4v) is 0.768. The van der Waals surface area contributed by atoms with Gasteiger partial charge in [-0.3, -0.25) is 0 Å². The van der Waals surface area contributed by atoms with Crippen molar-refractivity contribution in [3.63, 3.8) is 0 Å². The van der Waals surface area contributed by atoms with E-state index in [0.717, 1.165) is 6.42 Å². The second-order valence-electron chi connectivity index (χ2n) is 2.69. The van der Waals surface area contributed by atoms with Gasteiger partial charge in [-0.1, -0.05) is 31.9 Å². The lowest BCUT2D eigenvalue weighted by Crippen LogP contribution is -2.09. The van der Waals surface area contributed by atoms with Gasteiger partial charge in [0.1, 0.15) is 0 Å². The SMILES string of the molecule is CCCC/C=C\C[C@H](O)CO. The van der Waals surface area contributed by atoms with Crippen LogP contribution in [-0.4, -0.2) is 22.9 Å². The lowest BCUT2D eigenvalue weighted by molar-refractivity contribution is 0.0975. The number of hydrogen-bond donors (Lipinski definition) is 2. The molecule has 1 atom stereocenters. The predicted molar refractivity (Wildman–Crippen MR) is 46.4 cm³/mol. The topological polar surface area (TPSA) is 40.5 Å². The largest absolute Gasteiger partial charge is 0.394 e. The zero-order chi connectivity index (χ0) is 8.53. The molecule has 0 aliphatic rings. The van der Waals surface area contributed by atoms with E-state index in [2.05, 4.69) is 13.0 Å². The highest BCUT2D eigenvalue weighted by Crippen LogP contribution is 1.97. The van der Waals surface area contributed by atoms with Crippen LogP contribution in [0.5, 0.6) is 0 Å². The molecule has 2 heteroatoms. The van der Waals surface area contributed by atoms with Crippen molar-refractivity contribution in [3.05, 3.63) is 12.2 Å². The van der Waals surface area contributed by atoms with E-state index in [4.69, 9.17) is 10.2 Å². The molecule has 2 N–H and O–H groups in total. The second-order valence-corrected chi connectivity index (χ2v) is 2.69. The molecular weight excluding hydrogens is 140 g/mol. The molecule has 0 spiro atoms. The minimum Gasteiger partial charge on any atom is -0.394 e. The zero-order valence-electron chi connectivity index (χ0n) is 7.16. The summed E-state index contributed by atoms with van der Waals surface area (Å²) in [7, 11) is 0. The molecule has 66 valence electrons. The van der Waals surface area contributed by atoms with Gasteiger partial charge in [0.05, 0.1) is 12.7 Å². The van der Waals surface area contributed by atoms with Crippen molar-refractivity contribution < 1.29 is 10.2 Å². The van der Waals surface area contributed by atoms with Crippen LogP contribution in [-0.2, 0) is 0 Å². The fourth-order valence-electron chi connectivity index (χ4n) is 0.768. The Balaban J connectivity index is 3.15. The van der Waals surface area contributed by atoms with Crippen molar-refractivity contribution in [2.75, 3.05) is 6.61 Å². The number of unbranched alkanes of at least 4 members (excludes halogenated alkanes) is 2. The highest BCUT2D eigenvalue weighted by atomic mass is 16.3. The van der Waals surface area contributed by atoms with Gasteiger partial charge in [-0.05, 0) is 12.8 Å². The van der Waals surface area contributed by atoms with Gasteiger partial charge >= 0.3 is 0 Å². The monoisotopic (exact) mass is 158 g/mol. The van der Waals surface area contributed by atoms with E-state index in [9.17, 15) is 0 Å². The van der Waals surface area contributed by atoms with Crippen LogP contribution in [0.2, 0.25) is 0 Å². The highest BCUT2D eigenvalue weighted by Gasteiger charge is 1.95. The van der Waals surface area contributed by atoms with Gasteiger partial charge in [0.15, 0.2) is 0 Å². The molecule has 0 aromatic carbocycles. The lowest BCUT2D eigenvalue weighted by atomic mass is 10.2. The average molecular weight is 158 g/mol. The predicted octanol–water partition coefficient (Wildman–Crippen LogP) is 1.48. The Morgan fingerprint density at radius 3 is 2.64 bits per heavy atom. The van der Waals surface area contributed by atoms with Crippen LogP contribution in [0, 0.1) is 0 Å². The van der Waals surface area contributed by atoms with Crippen LogP contribution in [0.15, 0.2) is 12.2 Å². The average Bonchev–Trinajstić information content (AvgIpc) is 2.04. The molecule has 0 saturated heterocycles. The van der Waals surface area contributed by atoms with E-state index in [1.807, 2.05) is 6.08 Å². The number of aliphatic hydroxyl groups excluding tert-OH is 2. The lowest BCUT2D eigenvalue weighted by Gasteiger charge is -2.00. The van der Waals surface area contributed by atoms with Crippen molar-refractivity contribution in [1.82, 2.24) is 0 Å². The third kappa shape index (κ3) is 7.56. The molecule has 11 heavy (non-hydrogen) atoms. The molecule has 2 nitrogen and oxygen atoms in total. The summed E-state index contributed by atoms with van der Waals surface area (Å²) < 4.78 is 0. The number of aliphatic hydroxyl groups is 2. The first-order valence-electron chi connectivity index (χ1n) is 4.25. The van der Waals surface area contributed by atoms with Crippen molar-refractivity contribution in [1.29, 1.82) is 0 Å². The van der Waals surface area contributed by atoms with Crippen LogP contribution in [0.1, 0.15) is 32.6 Å². The molecule has 0 aliphatic heterocycles. The molecule has 0 aliphatic carbocycles. The molecule has 0 radical (unpaired) electrons. The molecule has 0 amide bonds. The first-order valence-corrected chi connectivity index (χ1v) is 4.25. The minimum absolute atomic E-state index is 0.141. The summed E-state index contributed by atoms with van der Waals surface area (Å²) in [6.07, 6.45) is 7.46. The Morgan fingerprint density at radius 2 is 2.09 bits per heavy atom. The number of hydrogen-bond acceptors (Lipinski definition) is 2. The van der Waals surface area contributed by atoms with Crippen LogP contribution >= 0.6 is 0 Å². The van der Waals surface area contributed by atoms with Crippen LogP contribution in [0.3, 0.4) is 0 Å². The Hall–Kier alpha value is -0.340. The molecule has 0 rings (SSSR count). The second kappa shape index (κ2) is 7.76. The van der Waals surface area contributed by atoms with Gasteiger partial charge in [-0.25, -0.2) is 0 Å². The van der Waals surface area contributed by atoms with E-state index in [1.165, 1.54) is 12.8 Å². The smallest absolute Gasteiger partial charge is 0.0805 e. The van der Waals surface area contributed by atoms with Gasteiger partial charge in [0.25, 0.3) is 0 Å². The van der Waals surface area contributed by atoms with Gasteiger partial charge in [-0.15, -0.1) is 0 Å². The maximum atomic E-state index is 8.91. The standard InChI is InChI=1S/C9H18O2/c1-2-3-4-5-6-7-9(11)8-10/h5-6,9-11H,2-4,7-8H2,1H3/b6-5-/t9-/m0/s1. The Bertz CT molecular complexity index is 99.7. The summed E-state index contributed by atoms with van der Waals surface area (Å²) in [5, 5.41) is 17.4. The van der Waals surface area contributed by atoms with E-state index in [0.29, 0.717) is 6.42 Å². The van der Waals surface area contributed by atoms with Crippen LogP contribution < -0.4 is 0 Å². The molecule has 0 saturated carbocycles. The zero-order valence-corrected chi connectivity index (χ0v) is 7.16. The summed E-state index contributed by atoms with van der Waals surface area (Å²) >= 11 is 0. The Morgan fingerprint density at radius 1 is 1.36 bits per heavy atom. The van der Waals surface area contributed by atoms with Gasteiger partial charge in [-0.2, -0.15) is 0 Å². The molecule has 0 bridgehead atoms. The normalized spacial score (nSPS) is 14.1. The summed E-state index contributed by atoms with van der Waals surface area (Å²) in [5.74, 6) is 0. The maximum absolute atomic E-state index is 8.91. The summed E-state index contributed by atoms with van der Waals surface area (Å²) in [5.41, 5.74) is 0. The van der Waals surface area contributed by atoms with E-state index >= 15 is 0 Å². The molecule has 0 heterocycles. The Labute approximate surface area is 68.6 Å². The summed E-state index contributed by atoms with van der Waals surface area (Å²) in [4.78, 5) is 0. The van der Waals surface area contributed by atoms with Crippen molar-refractivity contribution in [3.8, 4) is 0 Å². The third-order valence-electron chi connectivity index (χ3n) is 1.51. The quantitative estimate of drug-likeness (QED) is 0.454. The Kier molecular flexibility index (Phi) is 7.52. The van der Waals surface area contributed by atoms with Crippen molar-refractivity contribution in [2.24, 2.45) is 0 Å². The third-order valence-corrected chi connectivity index (χ3v) is 1.51. The molecule has 0 fully saturated rings. The van der Waals surface area contributed by atoms with E-state index < -0.39 is 6.10 Å². The van der Waals surface area contributed by atoms with Crippen molar-refractivity contribution in [2.45, 2.75) is 38.7 Å². The number of rotatable bonds is 6.